The molecule has 0 saturated carbocycles. The molecule has 110 valence electrons. The Labute approximate surface area is 130 Å². The van der Waals surface area contributed by atoms with Gasteiger partial charge in [0.25, 0.3) is 0 Å². The van der Waals surface area contributed by atoms with Gasteiger partial charge in [0.2, 0.25) is 0 Å². The van der Waals surface area contributed by atoms with Gasteiger partial charge in [-0.1, -0.05) is 42.5 Å². The summed E-state index contributed by atoms with van der Waals surface area (Å²) in [5, 5.41) is 0. The molecule has 0 saturated heterocycles. The maximum absolute atomic E-state index is 11.9. The number of carbonyl (C=O) groups is 1. The Balaban J connectivity index is 1.67. The molecule has 2 nitrogen and oxygen atoms in total. The van der Waals surface area contributed by atoms with Crippen molar-refractivity contribution in [1.82, 2.24) is 0 Å². The van der Waals surface area contributed by atoms with E-state index < -0.39 is 0 Å². The first-order valence-electron chi connectivity index (χ1n) is 7.08. The Bertz CT molecular complexity index is 549. The summed E-state index contributed by atoms with van der Waals surface area (Å²) in [4.78, 5) is 13.1. The summed E-state index contributed by atoms with van der Waals surface area (Å²) >= 11 is 1.67. The third-order valence-electron chi connectivity index (χ3n) is 3.24. The number of Topliss-reactive ketones (excluding diaryl/α,β-unsaturated/α-hetero) is 1. The van der Waals surface area contributed by atoms with Crippen LogP contribution in [0, 0.1) is 0 Å². The Morgan fingerprint density at radius 1 is 1.05 bits per heavy atom. The smallest absolute Gasteiger partial charge is 0.188 e. The average Bonchev–Trinajstić information content (AvgIpc) is 2.55. The fraction of sp³-hybridized carbons (Fsp3) is 0.278. The van der Waals surface area contributed by atoms with E-state index in [2.05, 4.69) is 12.1 Å². The lowest BCUT2D eigenvalue weighted by Gasteiger charge is -2.05. The molecular weight excluding hydrogens is 280 g/mol. The fourth-order valence-corrected chi connectivity index (χ4v) is 2.46. The van der Waals surface area contributed by atoms with Crippen molar-refractivity contribution < 1.29 is 9.53 Å². The van der Waals surface area contributed by atoms with E-state index in [0.29, 0.717) is 6.61 Å². The Kier molecular flexibility index (Phi) is 6.51. The van der Waals surface area contributed by atoms with Crippen LogP contribution in [0.4, 0.5) is 0 Å². The van der Waals surface area contributed by atoms with E-state index >= 15 is 0 Å². The van der Waals surface area contributed by atoms with Gasteiger partial charge < -0.3 is 4.74 Å². The first-order chi connectivity index (χ1) is 10.3. The number of thioether (sulfide) groups is 1. The molecular formula is C18H20O2S. The second-order valence-electron chi connectivity index (χ2n) is 4.79. The standard InChI is InChI=1S/C18H20O2S/c1-21-17-11-9-16(10-12-17)18(19)14-20-13-5-8-15-6-3-2-4-7-15/h2-4,6-7,9-12H,5,8,13-14H2,1H3. The van der Waals surface area contributed by atoms with Gasteiger partial charge in [0, 0.05) is 17.1 Å². The molecule has 0 aliphatic rings. The van der Waals surface area contributed by atoms with Crippen LogP contribution in [0.3, 0.4) is 0 Å². The van der Waals surface area contributed by atoms with Crippen molar-refractivity contribution in [3.8, 4) is 0 Å². The monoisotopic (exact) mass is 300 g/mol. The minimum absolute atomic E-state index is 0.0439. The molecule has 0 N–H and O–H groups in total. The molecule has 0 aromatic heterocycles. The molecule has 3 heteroatoms. The minimum atomic E-state index is 0.0439. The Hall–Kier alpha value is -1.58. The second-order valence-corrected chi connectivity index (χ2v) is 5.67. The zero-order valence-corrected chi connectivity index (χ0v) is 13.1. The lowest BCUT2D eigenvalue weighted by molar-refractivity contribution is 0.0756. The van der Waals surface area contributed by atoms with Gasteiger partial charge in [0.05, 0.1) is 0 Å². The molecule has 0 aliphatic heterocycles. The minimum Gasteiger partial charge on any atom is -0.373 e. The van der Waals surface area contributed by atoms with Gasteiger partial charge in [-0.05, 0) is 36.8 Å². The number of rotatable bonds is 8. The molecule has 0 spiro atoms. The van der Waals surface area contributed by atoms with Crippen molar-refractivity contribution in [3.05, 3.63) is 65.7 Å². The molecule has 0 heterocycles. The molecule has 2 rings (SSSR count). The molecule has 0 radical (unpaired) electrons. The summed E-state index contributed by atoms with van der Waals surface area (Å²) in [6.45, 7) is 0.775. The number of ether oxygens (including phenoxy) is 1. The molecule has 2 aromatic rings. The van der Waals surface area contributed by atoms with E-state index in [1.165, 1.54) is 5.56 Å². The van der Waals surface area contributed by atoms with E-state index in [-0.39, 0.29) is 12.4 Å². The van der Waals surface area contributed by atoms with Crippen LogP contribution >= 0.6 is 11.8 Å². The summed E-state index contributed by atoms with van der Waals surface area (Å²) in [7, 11) is 0. The van der Waals surface area contributed by atoms with Crippen LogP contribution in [0.2, 0.25) is 0 Å². The lowest BCUT2D eigenvalue weighted by atomic mass is 10.1. The van der Waals surface area contributed by atoms with Crippen molar-refractivity contribution in [2.24, 2.45) is 0 Å². The molecule has 0 aliphatic carbocycles. The van der Waals surface area contributed by atoms with Crippen molar-refractivity contribution in [1.29, 1.82) is 0 Å². The highest BCUT2D eigenvalue weighted by molar-refractivity contribution is 7.98. The quantitative estimate of drug-likeness (QED) is 0.414. The zero-order valence-electron chi connectivity index (χ0n) is 12.2. The van der Waals surface area contributed by atoms with Gasteiger partial charge in [-0.15, -0.1) is 11.8 Å². The molecule has 0 amide bonds. The first kappa shape index (κ1) is 15.8. The largest absolute Gasteiger partial charge is 0.373 e. The van der Waals surface area contributed by atoms with Crippen molar-refractivity contribution in [2.45, 2.75) is 17.7 Å². The molecule has 0 atom stereocenters. The molecule has 2 aromatic carbocycles. The number of benzene rings is 2. The number of hydrogen-bond acceptors (Lipinski definition) is 3. The summed E-state index contributed by atoms with van der Waals surface area (Å²) in [5.74, 6) is 0.0439. The summed E-state index contributed by atoms with van der Waals surface area (Å²) < 4.78 is 5.47. The number of carbonyl (C=O) groups excluding carboxylic acids is 1. The molecule has 21 heavy (non-hydrogen) atoms. The van der Waals surface area contributed by atoms with Gasteiger partial charge in [-0.3, -0.25) is 4.79 Å². The maximum atomic E-state index is 11.9. The number of ketones is 1. The predicted molar refractivity (Wildman–Crippen MR) is 88.1 cm³/mol. The second kappa shape index (κ2) is 8.65. The highest BCUT2D eigenvalue weighted by Crippen LogP contribution is 2.15. The van der Waals surface area contributed by atoms with Gasteiger partial charge in [-0.25, -0.2) is 0 Å². The van der Waals surface area contributed by atoms with Crippen LogP contribution in [-0.4, -0.2) is 25.3 Å². The van der Waals surface area contributed by atoms with Gasteiger partial charge in [0.1, 0.15) is 6.61 Å². The van der Waals surface area contributed by atoms with E-state index in [0.717, 1.165) is 23.3 Å². The van der Waals surface area contributed by atoms with E-state index in [1.807, 2.05) is 48.7 Å². The first-order valence-corrected chi connectivity index (χ1v) is 8.31. The third kappa shape index (κ3) is 5.37. The van der Waals surface area contributed by atoms with Gasteiger partial charge >= 0.3 is 0 Å². The van der Waals surface area contributed by atoms with Crippen molar-refractivity contribution >= 4 is 17.5 Å². The molecule has 0 unspecified atom stereocenters. The summed E-state index contributed by atoms with van der Waals surface area (Å²) in [6.07, 6.45) is 3.94. The maximum Gasteiger partial charge on any atom is 0.188 e. The normalized spacial score (nSPS) is 10.5. The van der Waals surface area contributed by atoms with Crippen molar-refractivity contribution in [2.75, 3.05) is 19.5 Å². The average molecular weight is 300 g/mol. The van der Waals surface area contributed by atoms with Crippen LogP contribution in [0.25, 0.3) is 0 Å². The number of hydrogen-bond donors (Lipinski definition) is 0. The highest BCUT2D eigenvalue weighted by atomic mass is 32.2. The fourth-order valence-electron chi connectivity index (χ4n) is 2.05. The lowest BCUT2D eigenvalue weighted by Crippen LogP contribution is -2.10. The van der Waals surface area contributed by atoms with Crippen molar-refractivity contribution in [3.63, 3.8) is 0 Å². The summed E-state index contributed by atoms with van der Waals surface area (Å²) in [6, 6.07) is 18.0. The summed E-state index contributed by atoms with van der Waals surface area (Å²) in [5.41, 5.74) is 2.02. The molecule has 0 bridgehead atoms. The van der Waals surface area contributed by atoms with Gasteiger partial charge in [-0.2, -0.15) is 0 Å². The number of aryl methyl sites for hydroxylation is 1. The van der Waals surface area contributed by atoms with Crippen LogP contribution in [-0.2, 0) is 11.2 Å². The van der Waals surface area contributed by atoms with Crippen LogP contribution in [0.15, 0.2) is 59.5 Å². The zero-order chi connectivity index (χ0) is 14.9. The SMILES string of the molecule is CSc1ccc(C(=O)COCCCc2ccccc2)cc1. The highest BCUT2D eigenvalue weighted by Gasteiger charge is 2.05. The Morgan fingerprint density at radius 2 is 1.76 bits per heavy atom. The third-order valence-corrected chi connectivity index (χ3v) is 3.99. The van der Waals surface area contributed by atoms with E-state index in [4.69, 9.17) is 4.74 Å². The van der Waals surface area contributed by atoms with Crippen LogP contribution in [0.1, 0.15) is 22.3 Å². The molecule has 0 fully saturated rings. The predicted octanol–water partition coefficient (Wildman–Crippen LogP) is 4.24. The Morgan fingerprint density at radius 3 is 2.43 bits per heavy atom. The van der Waals surface area contributed by atoms with E-state index in [1.54, 1.807) is 11.8 Å². The topological polar surface area (TPSA) is 26.3 Å². The van der Waals surface area contributed by atoms with Crippen LogP contribution < -0.4 is 0 Å². The van der Waals surface area contributed by atoms with E-state index in [9.17, 15) is 4.79 Å². The van der Waals surface area contributed by atoms with Gasteiger partial charge in [0.15, 0.2) is 5.78 Å². The van der Waals surface area contributed by atoms with Crippen LogP contribution in [0.5, 0.6) is 0 Å².